The van der Waals surface area contributed by atoms with Crippen LogP contribution in [0.1, 0.15) is 46.0 Å². The summed E-state index contributed by atoms with van der Waals surface area (Å²) in [4.78, 5) is 11.0. The van der Waals surface area contributed by atoms with Crippen molar-refractivity contribution in [2.45, 2.75) is 46.0 Å². The van der Waals surface area contributed by atoms with Gasteiger partial charge in [0.25, 0.3) is 0 Å². The number of nitrogens with one attached hydrogen (secondary N) is 1. The minimum absolute atomic E-state index is 0.104. The lowest BCUT2D eigenvalue weighted by Crippen LogP contribution is -2.15. The molecule has 0 bridgehead atoms. The zero-order valence-electron chi connectivity index (χ0n) is 25.9. The Hall–Kier alpha value is -1.83. The molecule has 0 spiro atoms. The predicted octanol–water partition coefficient (Wildman–Crippen LogP) is 4.13. The highest BCUT2D eigenvalue weighted by Gasteiger charge is 1.99. The average Bonchev–Trinajstić information content (AvgIpc) is 2.98. The monoisotopic (exact) mass is 601 g/mol. The van der Waals surface area contributed by atoms with Crippen LogP contribution in [-0.4, -0.2) is 118 Å². The molecule has 1 amide bonds. The molecule has 0 fully saturated rings. The van der Waals surface area contributed by atoms with Crippen molar-refractivity contribution in [2.24, 2.45) is 0 Å². The van der Waals surface area contributed by atoms with Gasteiger partial charge < -0.3 is 47.9 Å². The largest absolute Gasteiger partial charge is 0.491 e. The fourth-order valence-corrected chi connectivity index (χ4v) is 3.51. The molecule has 244 valence electrons. The van der Waals surface area contributed by atoms with Crippen LogP contribution in [0.5, 0.6) is 5.75 Å². The van der Waals surface area contributed by atoms with Crippen LogP contribution in [-0.2, 0) is 42.7 Å². The Balaban J connectivity index is 1.68. The standard InChI is InChI=1S/C31H55NO10/c1-3-4-5-6-7-12-34-13-14-35-15-16-36-17-18-37-19-20-38-21-22-39-23-24-40-25-26-41-27-28-42-31-10-8-30(9-11-31)32-29(2)33/h8-11H,3-7,12-28H2,1-2H3,(H,32,33). The number of hydrogen-bond acceptors (Lipinski definition) is 10. The lowest BCUT2D eigenvalue weighted by Gasteiger charge is -2.09. The Morgan fingerprint density at radius 1 is 0.500 bits per heavy atom. The molecule has 11 nitrogen and oxygen atoms in total. The number of rotatable bonds is 32. The van der Waals surface area contributed by atoms with Crippen molar-refractivity contribution in [2.75, 3.05) is 118 Å². The van der Waals surface area contributed by atoms with Crippen LogP contribution < -0.4 is 10.1 Å². The molecule has 1 rings (SSSR count). The molecule has 1 N–H and O–H groups in total. The number of ether oxygens (including phenoxy) is 9. The Labute approximate surface area is 252 Å². The third-order valence-electron chi connectivity index (χ3n) is 5.67. The van der Waals surface area contributed by atoms with Gasteiger partial charge in [-0.1, -0.05) is 32.6 Å². The van der Waals surface area contributed by atoms with E-state index in [0.29, 0.717) is 106 Å². The van der Waals surface area contributed by atoms with E-state index in [2.05, 4.69) is 12.2 Å². The van der Waals surface area contributed by atoms with Crippen LogP contribution in [0.4, 0.5) is 5.69 Å². The highest BCUT2D eigenvalue weighted by Crippen LogP contribution is 2.15. The summed E-state index contributed by atoms with van der Waals surface area (Å²) in [5.41, 5.74) is 0.736. The van der Waals surface area contributed by atoms with Gasteiger partial charge in [0.05, 0.1) is 99.1 Å². The maximum atomic E-state index is 11.0. The van der Waals surface area contributed by atoms with Gasteiger partial charge in [0.2, 0.25) is 5.91 Å². The quantitative estimate of drug-likeness (QED) is 0.121. The first-order valence-electron chi connectivity index (χ1n) is 15.3. The van der Waals surface area contributed by atoms with Crippen molar-refractivity contribution in [1.82, 2.24) is 0 Å². The van der Waals surface area contributed by atoms with Gasteiger partial charge in [0, 0.05) is 19.2 Å². The molecule has 0 aromatic heterocycles. The van der Waals surface area contributed by atoms with E-state index in [1.54, 1.807) is 24.3 Å². The minimum atomic E-state index is -0.104. The van der Waals surface area contributed by atoms with E-state index < -0.39 is 0 Å². The Morgan fingerprint density at radius 2 is 0.857 bits per heavy atom. The van der Waals surface area contributed by atoms with Gasteiger partial charge in [-0.15, -0.1) is 0 Å². The van der Waals surface area contributed by atoms with E-state index in [1.807, 2.05) is 0 Å². The molecule has 0 aliphatic carbocycles. The second-order valence-corrected chi connectivity index (χ2v) is 9.37. The molecule has 0 saturated heterocycles. The molecule has 0 unspecified atom stereocenters. The number of amides is 1. The smallest absolute Gasteiger partial charge is 0.221 e. The van der Waals surface area contributed by atoms with E-state index >= 15 is 0 Å². The molecule has 0 heterocycles. The van der Waals surface area contributed by atoms with Crippen LogP contribution >= 0.6 is 0 Å². The maximum absolute atomic E-state index is 11.0. The fraction of sp³-hybridized carbons (Fsp3) is 0.774. The Kier molecular flexibility index (Phi) is 27.8. The average molecular weight is 602 g/mol. The molecule has 42 heavy (non-hydrogen) atoms. The normalized spacial score (nSPS) is 11.2. The molecule has 0 atom stereocenters. The van der Waals surface area contributed by atoms with Crippen molar-refractivity contribution < 1.29 is 47.4 Å². The number of carbonyl (C=O) groups is 1. The summed E-state index contributed by atoms with van der Waals surface area (Å²) in [7, 11) is 0. The van der Waals surface area contributed by atoms with Gasteiger partial charge >= 0.3 is 0 Å². The summed E-state index contributed by atoms with van der Waals surface area (Å²) in [6, 6.07) is 7.19. The van der Waals surface area contributed by atoms with Gasteiger partial charge in [-0.2, -0.15) is 0 Å². The first kappa shape index (κ1) is 38.2. The molecule has 0 saturated carbocycles. The van der Waals surface area contributed by atoms with Crippen molar-refractivity contribution >= 4 is 11.6 Å². The van der Waals surface area contributed by atoms with E-state index in [1.165, 1.54) is 32.6 Å². The molecule has 0 aliphatic heterocycles. The third kappa shape index (κ3) is 27.0. The Morgan fingerprint density at radius 3 is 1.24 bits per heavy atom. The lowest BCUT2D eigenvalue weighted by atomic mass is 10.2. The van der Waals surface area contributed by atoms with Gasteiger partial charge in [-0.3, -0.25) is 4.79 Å². The van der Waals surface area contributed by atoms with Crippen molar-refractivity contribution in [1.29, 1.82) is 0 Å². The molecule has 0 radical (unpaired) electrons. The van der Waals surface area contributed by atoms with Crippen LogP contribution in [0, 0.1) is 0 Å². The van der Waals surface area contributed by atoms with E-state index in [4.69, 9.17) is 42.6 Å². The summed E-state index contributed by atoms with van der Waals surface area (Å²) < 4.78 is 49.5. The highest BCUT2D eigenvalue weighted by molar-refractivity contribution is 5.88. The lowest BCUT2D eigenvalue weighted by molar-refractivity contribution is -0.114. The van der Waals surface area contributed by atoms with Gasteiger partial charge in [0.15, 0.2) is 0 Å². The molecule has 1 aromatic carbocycles. The van der Waals surface area contributed by atoms with Gasteiger partial charge in [-0.25, -0.2) is 0 Å². The molecular weight excluding hydrogens is 546 g/mol. The number of hydrogen-bond donors (Lipinski definition) is 1. The summed E-state index contributed by atoms with van der Waals surface area (Å²) in [6.07, 6.45) is 6.27. The number of anilines is 1. The van der Waals surface area contributed by atoms with Crippen molar-refractivity contribution in [3.05, 3.63) is 24.3 Å². The van der Waals surface area contributed by atoms with Crippen LogP contribution in [0.25, 0.3) is 0 Å². The SMILES string of the molecule is CCCCCCCOCCOCCOCCOCCOCCOCCOCCOCCOc1ccc(NC(C)=O)cc1. The number of benzene rings is 1. The third-order valence-corrected chi connectivity index (χ3v) is 5.67. The first-order valence-corrected chi connectivity index (χ1v) is 15.3. The number of carbonyl (C=O) groups excluding carboxylic acids is 1. The fourth-order valence-electron chi connectivity index (χ4n) is 3.51. The summed E-state index contributed by atoms with van der Waals surface area (Å²) in [6.45, 7) is 12.9. The topological polar surface area (TPSA) is 112 Å². The summed E-state index contributed by atoms with van der Waals surface area (Å²) in [5.74, 6) is 0.619. The zero-order chi connectivity index (χ0) is 30.2. The van der Waals surface area contributed by atoms with Gasteiger partial charge in [0.1, 0.15) is 12.4 Å². The summed E-state index contributed by atoms with van der Waals surface area (Å²) >= 11 is 0. The zero-order valence-corrected chi connectivity index (χ0v) is 25.9. The molecule has 11 heteroatoms. The molecule has 0 aliphatic rings. The van der Waals surface area contributed by atoms with Crippen LogP contribution in [0.3, 0.4) is 0 Å². The van der Waals surface area contributed by atoms with E-state index in [9.17, 15) is 4.79 Å². The first-order chi connectivity index (χ1) is 20.7. The second-order valence-electron chi connectivity index (χ2n) is 9.37. The molecular formula is C31H55NO10. The highest BCUT2D eigenvalue weighted by atomic mass is 16.6. The Bertz CT molecular complexity index is 707. The van der Waals surface area contributed by atoms with E-state index in [0.717, 1.165) is 24.5 Å². The summed E-state index contributed by atoms with van der Waals surface area (Å²) in [5, 5.41) is 2.71. The minimum Gasteiger partial charge on any atom is -0.491 e. The van der Waals surface area contributed by atoms with E-state index in [-0.39, 0.29) is 5.91 Å². The predicted molar refractivity (Wildman–Crippen MR) is 162 cm³/mol. The van der Waals surface area contributed by atoms with Crippen molar-refractivity contribution in [3.8, 4) is 5.75 Å². The second kappa shape index (κ2) is 30.6. The molecule has 1 aromatic rings. The van der Waals surface area contributed by atoms with Crippen molar-refractivity contribution in [3.63, 3.8) is 0 Å². The van der Waals surface area contributed by atoms with Crippen LogP contribution in [0.2, 0.25) is 0 Å². The van der Waals surface area contributed by atoms with Gasteiger partial charge in [-0.05, 0) is 30.7 Å². The number of unbranched alkanes of at least 4 members (excludes halogenated alkanes) is 4. The van der Waals surface area contributed by atoms with Crippen LogP contribution in [0.15, 0.2) is 24.3 Å². The maximum Gasteiger partial charge on any atom is 0.221 e.